The molecule has 3 N–H and O–H groups in total. The summed E-state index contributed by atoms with van der Waals surface area (Å²) in [7, 11) is 1.79. The first-order chi connectivity index (χ1) is 18.8. The molecular weight excluding hydrogens is 518 g/mol. The molecule has 13 heteroatoms. The second kappa shape index (κ2) is 14.7. The number of aryl methyl sites for hydroxylation is 1. The minimum absolute atomic E-state index is 0.00645. The van der Waals surface area contributed by atoms with Crippen molar-refractivity contribution in [1.82, 2.24) is 30.1 Å². The third-order valence-corrected chi connectivity index (χ3v) is 6.55. The number of anilines is 1. The number of likely N-dealkylation sites (N-methyl/N-ethyl adjacent to an activating group) is 1. The van der Waals surface area contributed by atoms with Gasteiger partial charge in [0.2, 0.25) is 5.91 Å². The maximum Gasteiger partial charge on any atom is 0.305 e. The van der Waals surface area contributed by atoms with E-state index >= 15 is 0 Å². The Hall–Kier alpha value is -3.61. The Morgan fingerprint density at radius 1 is 1.18 bits per heavy atom. The standard InChI is InChI=1S/C27H43N7O6/c1-8-10-11-12-33(7)15-21(35)18(13-23(36)37)29-25(38)20(9-2)34-16-22(27(4,5)6)30-24(26(34)39)28-14-19-17(3)31-40-32-19/h16,18,20H,8-15H2,1-7H3,(H,28,30)(H,29,38)(H,36,37)/t18-,20-/m0/s1. The Kier molecular flexibility index (Phi) is 12.0. The maximum atomic E-state index is 13.5. The normalized spacial score (nSPS) is 13.2. The number of nitrogens with zero attached hydrogens (tertiary/aromatic N) is 5. The summed E-state index contributed by atoms with van der Waals surface area (Å²) in [6.45, 7) is 12.2. The number of Topliss-reactive ketones (excluding diaryl/α,β-unsaturated/α-hetero) is 1. The molecule has 0 saturated heterocycles. The number of rotatable bonds is 16. The average Bonchev–Trinajstić information content (AvgIpc) is 3.27. The molecular formula is C27H43N7O6. The molecule has 0 aromatic carbocycles. The molecule has 0 saturated carbocycles. The van der Waals surface area contributed by atoms with E-state index in [0.29, 0.717) is 23.6 Å². The number of aliphatic carboxylic acids is 1. The van der Waals surface area contributed by atoms with Crippen molar-refractivity contribution in [3.63, 3.8) is 0 Å². The van der Waals surface area contributed by atoms with Gasteiger partial charge in [-0.3, -0.25) is 28.6 Å². The summed E-state index contributed by atoms with van der Waals surface area (Å²) < 4.78 is 6.01. The topological polar surface area (TPSA) is 173 Å². The monoisotopic (exact) mass is 561 g/mol. The van der Waals surface area contributed by atoms with Gasteiger partial charge in [0, 0.05) is 11.6 Å². The highest BCUT2D eigenvalue weighted by Crippen LogP contribution is 2.22. The van der Waals surface area contributed by atoms with Crippen LogP contribution in [-0.4, -0.2) is 73.7 Å². The van der Waals surface area contributed by atoms with Crippen LogP contribution in [0.1, 0.15) is 89.8 Å². The van der Waals surface area contributed by atoms with Crippen LogP contribution in [0.15, 0.2) is 15.6 Å². The van der Waals surface area contributed by atoms with Gasteiger partial charge in [-0.15, -0.1) is 0 Å². The van der Waals surface area contributed by atoms with E-state index in [2.05, 4.69) is 32.9 Å². The SMILES string of the molecule is CCCCCN(C)CC(=O)[C@H](CC(=O)O)NC(=O)[C@H](CC)n1cc(C(C)(C)C)nc(NCc2nonc2C)c1=O. The van der Waals surface area contributed by atoms with Crippen LogP contribution in [0.4, 0.5) is 5.82 Å². The summed E-state index contributed by atoms with van der Waals surface area (Å²) in [6.07, 6.45) is 4.18. The van der Waals surface area contributed by atoms with Gasteiger partial charge in [-0.25, -0.2) is 9.61 Å². The van der Waals surface area contributed by atoms with E-state index in [1.54, 1.807) is 27.1 Å². The van der Waals surface area contributed by atoms with Crippen molar-refractivity contribution >= 4 is 23.5 Å². The summed E-state index contributed by atoms with van der Waals surface area (Å²) in [5, 5.41) is 22.6. The van der Waals surface area contributed by atoms with E-state index in [9.17, 15) is 24.3 Å². The lowest BCUT2D eigenvalue weighted by atomic mass is 9.92. The maximum absolute atomic E-state index is 13.5. The van der Waals surface area contributed by atoms with E-state index in [0.717, 1.165) is 19.3 Å². The summed E-state index contributed by atoms with van der Waals surface area (Å²) in [5.41, 5.74) is 0.628. The van der Waals surface area contributed by atoms with Crippen LogP contribution in [0.5, 0.6) is 0 Å². The number of hydrogen-bond acceptors (Lipinski definition) is 10. The number of hydrogen-bond donors (Lipinski definition) is 3. The molecule has 2 atom stereocenters. The fraction of sp³-hybridized carbons (Fsp3) is 0.667. The first-order valence-corrected chi connectivity index (χ1v) is 13.7. The third-order valence-electron chi connectivity index (χ3n) is 6.55. The van der Waals surface area contributed by atoms with Crippen LogP contribution in [0.2, 0.25) is 0 Å². The number of amides is 1. The van der Waals surface area contributed by atoms with E-state index < -0.39 is 47.1 Å². The number of ketones is 1. The Labute approximate surface area is 234 Å². The van der Waals surface area contributed by atoms with Crippen LogP contribution < -0.4 is 16.2 Å². The molecule has 0 radical (unpaired) electrons. The van der Waals surface area contributed by atoms with Gasteiger partial charge < -0.3 is 15.7 Å². The lowest BCUT2D eigenvalue weighted by Gasteiger charge is -2.26. The fourth-order valence-corrected chi connectivity index (χ4v) is 4.08. The number of carbonyl (C=O) groups is 3. The molecule has 2 aromatic heterocycles. The molecule has 0 bridgehead atoms. The van der Waals surface area contributed by atoms with Crippen LogP contribution >= 0.6 is 0 Å². The molecule has 2 aromatic rings. The molecule has 0 fully saturated rings. The van der Waals surface area contributed by atoms with Crippen LogP contribution in [-0.2, 0) is 26.3 Å². The number of carboxylic acids is 1. The van der Waals surface area contributed by atoms with Crippen molar-refractivity contribution < 1.29 is 24.1 Å². The van der Waals surface area contributed by atoms with Gasteiger partial charge in [-0.05, 0) is 33.4 Å². The summed E-state index contributed by atoms with van der Waals surface area (Å²) in [4.78, 5) is 57.9. The highest BCUT2D eigenvalue weighted by Gasteiger charge is 2.30. The van der Waals surface area contributed by atoms with Crippen molar-refractivity contribution in [2.24, 2.45) is 0 Å². The van der Waals surface area contributed by atoms with Crippen molar-refractivity contribution in [3.05, 3.63) is 33.6 Å². The minimum Gasteiger partial charge on any atom is -0.481 e. The average molecular weight is 562 g/mol. The Balaban J connectivity index is 2.35. The first-order valence-electron chi connectivity index (χ1n) is 13.7. The van der Waals surface area contributed by atoms with Gasteiger partial charge in [0.25, 0.3) is 5.56 Å². The largest absolute Gasteiger partial charge is 0.481 e. The van der Waals surface area contributed by atoms with E-state index in [1.165, 1.54) is 4.57 Å². The van der Waals surface area contributed by atoms with Crippen LogP contribution in [0.3, 0.4) is 0 Å². The quantitative estimate of drug-likeness (QED) is 0.257. The van der Waals surface area contributed by atoms with Gasteiger partial charge in [0.1, 0.15) is 17.4 Å². The number of carbonyl (C=O) groups excluding carboxylic acids is 2. The second-order valence-electron chi connectivity index (χ2n) is 11.1. The summed E-state index contributed by atoms with van der Waals surface area (Å²) >= 11 is 0. The van der Waals surface area contributed by atoms with Gasteiger partial charge in [-0.2, -0.15) is 0 Å². The third kappa shape index (κ3) is 9.25. The van der Waals surface area contributed by atoms with Gasteiger partial charge in [-0.1, -0.05) is 57.8 Å². The van der Waals surface area contributed by atoms with Crippen molar-refractivity contribution in [2.45, 2.75) is 97.7 Å². The van der Waals surface area contributed by atoms with E-state index in [-0.39, 0.29) is 25.3 Å². The summed E-state index contributed by atoms with van der Waals surface area (Å²) in [6, 6.07) is -2.23. The molecule has 0 aliphatic heterocycles. The molecule has 0 aliphatic carbocycles. The second-order valence-corrected chi connectivity index (χ2v) is 11.1. The zero-order valence-electron chi connectivity index (χ0n) is 24.6. The molecule has 2 heterocycles. The van der Waals surface area contributed by atoms with E-state index in [1.807, 2.05) is 25.7 Å². The van der Waals surface area contributed by atoms with Gasteiger partial charge >= 0.3 is 5.97 Å². The Morgan fingerprint density at radius 3 is 2.42 bits per heavy atom. The minimum atomic E-state index is -1.23. The number of aromatic nitrogens is 4. The van der Waals surface area contributed by atoms with Crippen molar-refractivity contribution in [3.8, 4) is 0 Å². The van der Waals surface area contributed by atoms with Gasteiger partial charge in [0.05, 0.1) is 31.2 Å². The van der Waals surface area contributed by atoms with Crippen molar-refractivity contribution in [1.29, 1.82) is 0 Å². The molecule has 222 valence electrons. The Morgan fingerprint density at radius 2 is 1.88 bits per heavy atom. The predicted molar refractivity (Wildman–Crippen MR) is 149 cm³/mol. The smallest absolute Gasteiger partial charge is 0.305 e. The zero-order chi connectivity index (χ0) is 30.0. The number of carboxylic acid groups (broad SMARTS) is 1. The molecule has 0 spiro atoms. The fourth-order valence-electron chi connectivity index (χ4n) is 4.08. The highest BCUT2D eigenvalue weighted by atomic mass is 16.6. The van der Waals surface area contributed by atoms with Crippen LogP contribution in [0.25, 0.3) is 0 Å². The highest BCUT2D eigenvalue weighted by molar-refractivity contribution is 5.93. The van der Waals surface area contributed by atoms with E-state index in [4.69, 9.17) is 4.63 Å². The molecule has 0 unspecified atom stereocenters. The number of nitrogens with one attached hydrogen (secondary N) is 2. The molecule has 0 aliphatic rings. The van der Waals surface area contributed by atoms with Gasteiger partial charge in [0.15, 0.2) is 11.6 Å². The zero-order valence-corrected chi connectivity index (χ0v) is 24.6. The van der Waals surface area contributed by atoms with Crippen LogP contribution in [0, 0.1) is 6.92 Å². The lowest BCUT2D eigenvalue weighted by molar-refractivity contribution is -0.140. The molecule has 40 heavy (non-hydrogen) atoms. The Bertz CT molecular complexity index is 1220. The predicted octanol–water partition coefficient (Wildman–Crippen LogP) is 2.45. The summed E-state index contributed by atoms with van der Waals surface area (Å²) in [5.74, 6) is -2.21. The van der Waals surface area contributed by atoms with Crippen molar-refractivity contribution in [2.75, 3.05) is 25.5 Å². The lowest BCUT2D eigenvalue weighted by Crippen LogP contribution is -2.49. The number of unbranched alkanes of at least 4 members (excludes halogenated alkanes) is 2. The first kappa shape index (κ1) is 32.6. The molecule has 1 amide bonds. The molecule has 2 rings (SSSR count). The molecule has 13 nitrogen and oxygen atoms in total.